The van der Waals surface area contributed by atoms with E-state index in [2.05, 4.69) is 93.6 Å². The fraction of sp³-hybridized carbons (Fsp3) is 0.500. The quantitative estimate of drug-likeness (QED) is 0.412. The van der Waals surface area contributed by atoms with Gasteiger partial charge in [-0.2, -0.15) is 0 Å². The summed E-state index contributed by atoms with van der Waals surface area (Å²) in [5.74, 6) is 0. The first-order valence-corrected chi connectivity index (χ1v) is 8.29. The molecule has 0 atom stereocenters. The molecule has 0 fully saturated rings. The highest BCUT2D eigenvalue weighted by Gasteiger charge is 2.10. The van der Waals surface area contributed by atoms with Crippen molar-refractivity contribution in [3.05, 3.63) is 34.0 Å². The van der Waals surface area contributed by atoms with E-state index in [0.717, 1.165) is 0 Å². The van der Waals surface area contributed by atoms with Crippen LogP contribution < -0.4 is 0 Å². The molecule has 2 heteroatoms. The summed E-state index contributed by atoms with van der Waals surface area (Å²) in [5.41, 5.74) is 0.296. The Morgan fingerprint density at radius 3 is 2.00 bits per heavy atom. The van der Waals surface area contributed by atoms with Crippen molar-refractivity contribution in [1.29, 1.82) is 0 Å². The molecule has 0 N–H and O–H groups in total. The van der Waals surface area contributed by atoms with Gasteiger partial charge in [0.05, 0.1) is 0 Å². The lowest BCUT2D eigenvalue weighted by Crippen LogP contribution is -2.03. The molecule has 0 radical (unpaired) electrons. The largest absolute Gasteiger partial charge is 0.137 e. The van der Waals surface area contributed by atoms with E-state index in [9.17, 15) is 0 Å². The summed E-state index contributed by atoms with van der Waals surface area (Å²) < 4.78 is 0.224. The molecule has 0 nitrogen and oxygen atoms in total. The van der Waals surface area contributed by atoms with Crippen LogP contribution in [-0.2, 0) is 0 Å². The Morgan fingerprint density at radius 2 is 1.56 bits per heavy atom. The minimum absolute atomic E-state index is 0.224. The summed E-state index contributed by atoms with van der Waals surface area (Å²) in [7, 11) is 0. The van der Waals surface area contributed by atoms with E-state index >= 15 is 0 Å². The average Bonchev–Trinajstić information content (AvgIpc) is 2.71. The standard InChI is InChI=1S/C16H23IS/c1-6-15(2,3)11-9-13-7-8-14(18-13)10-12-16(4,5)17/h7-12H,6H2,1-5H3/b11-9+,12-10+. The minimum atomic E-state index is 0.224. The molecule has 0 spiro atoms. The van der Waals surface area contributed by atoms with Gasteiger partial charge in [-0.25, -0.2) is 0 Å². The van der Waals surface area contributed by atoms with E-state index in [0.29, 0.717) is 5.41 Å². The first-order chi connectivity index (χ1) is 8.22. The van der Waals surface area contributed by atoms with Crippen LogP contribution in [0.5, 0.6) is 0 Å². The maximum atomic E-state index is 2.45. The summed E-state index contributed by atoms with van der Waals surface area (Å²) in [6, 6.07) is 4.40. The highest BCUT2D eigenvalue weighted by atomic mass is 127. The Morgan fingerprint density at radius 1 is 1.06 bits per heavy atom. The predicted octanol–water partition coefficient (Wildman–Crippen LogP) is 6.42. The summed E-state index contributed by atoms with van der Waals surface area (Å²) in [6.45, 7) is 11.2. The van der Waals surface area contributed by atoms with Gasteiger partial charge in [0, 0.05) is 13.2 Å². The van der Waals surface area contributed by atoms with Gasteiger partial charge in [-0.3, -0.25) is 0 Å². The van der Waals surface area contributed by atoms with Crippen LogP contribution in [0.2, 0.25) is 0 Å². The SMILES string of the molecule is CCC(C)(C)/C=C/c1ccc(/C=C/C(C)(C)I)s1. The van der Waals surface area contributed by atoms with Crippen LogP contribution in [0.15, 0.2) is 24.3 Å². The van der Waals surface area contributed by atoms with Crippen LogP contribution in [0.3, 0.4) is 0 Å². The second-order valence-electron chi connectivity index (χ2n) is 5.81. The summed E-state index contributed by atoms with van der Waals surface area (Å²) in [5, 5.41) is 0. The number of hydrogen-bond acceptors (Lipinski definition) is 1. The molecule has 0 aliphatic carbocycles. The predicted molar refractivity (Wildman–Crippen MR) is 94.6 cm³/mol. The van der Waals surface area contributed by atoms with Gasteiger partial charge in [-0.05, 0) is 50.0 Å². The Bertz CT molecular complexity index is 430. The van der Waals surface area contributed by atoms with Crippen LogP contribution in [-0.4, -0.2) is 3.42 Å². The average molecular weight is 374 g/mol. The zero-order chi connectivity index (χ0) is 13.8. The molecule has 18 heavy (non-hydrogen) atoms. The minimum Gasteiger partial charge on any atom is -0.137 e. The second kappa shape index (κ2) is 6.38. The van der Waals surface area contributed by atoms with Gasteiger partial charge in [0.15, 0.2) is 0 Å². The monoisotopic (exact) mass is 374 g/mol. The Labute approximate surface area is 129 Å². The van der Waals surface area contributed by atoms with E-state index in [1.807, 2.05) is 11.3 Å². The van der Waals surface area contributed by atoms with Crippen molar-refractivity contribution < 1.29 is 0 Å². The van der Waals surface area contributed by atoms with E-state index in [4.69, 9.17) is 0 Å². The fourth-order valence-electron chi connectivity index (χ4n) is 1.25. The van der Waals surface area contributed by atoms with Crippen molar-refractivity contribution in [2.45, 2.75) is 44.5 Å². The van der Waals surface area contributed by atoms with Gasteiger partial charge in [0.2, 0.25) is 0 Å². The zero-order valence-electron chi connectivity index (χ0n) is 12.0. The van der Waals surface area contributed by atoms with Crippen LogP contribution in [0.25, 0.3) is 12.2 Å². The highest BCUT2D eigenvalue weighted by molar-refractivity contribution is 14.1. The van der Waals surface area contributed by atoms with Crippen molar-refractivity contribution >= 4 is 46.1 Å². The van der Waals surface area contributed by atoms with Gasteiger partial charge >= 0.3 is 0 Å². The van der Waals surface area contributed by atoms with Gasteiger partial charge in [-0.15, -0.1) is 11.3 Å². The Kier molecular flexibility index (Phi) is 5.66. The summed E-state index contributed by atoms with van der Waals surface area (Å²) in [4.78, 5) is 2.66. The van der Waals surface area contributed by atoms with Gasteiger partial charge in [0.25, 0.3) is 0 Å². The van der Waals surface area contributed by atoms with Crippen molar-refractivity contribution in [1.82, 2.24) is 0 Å². The molecule has 0 bridgehead atoms. The van der Waals surface area contributed by atoms with Gasteiger partial charge < -0.3 is 0 Å². The van der Waals surface area contributed by atoms with E-state index < -0.39 is 0 Å². The topological polar surface area (TPSA) is 0 Å². The molecule has 0 aliphatic rings. The molecule has 100 valence electrons. The molecule has 1 aromatic rings. The van der Waals surface area contributed by atoms with Gasteiger partial charge in [-0.1, -0.05) is 55.5 Å². The van der Waals surface area contributed by atoms with E-state index in [1.165, 1.54) is 16.2 Å². The number of allylic oxidation sites excluding steroid dienone is 2. The van der Waals surface area contributed by atoms with Crippen LogP contribution in [0.4, 0.5) is 0 Å². The molecule has 1 rings (SSSR count). The highest BCUT2D eigenvalue weighted by Crippen LogP contribution is 2.27. The van der Waals surface area contributed by atoms with E-state index in [1.54, 1.807) is 0 Å². The first kappa shape index (κ1) is 16.0. The molecule has 0 saturated carbocycles. The Hall–Kier alpha value is -0.0900. The number of hydrogen-bond donors (Lipinski definition) is 0. The Balaban J connectivity index is 2.73. The molecule has 0 amide bonds. The molecular weight excluding hydrogens is 351 g/mol. The normalized spacial score (nSPS) is 13.9. The lowest BCUT2D eigenvalue weighted by molar-refractivity contribution is 0.464. The van der Waals surface area contributed by atoms with Crippen molar-refractivity contribution in [2.24, 2.45) is 5.41 Å². The van der Waals surface area contributed by atoms with Crippen molar-refractivity contribution in [3.63, 3.8) is 0 Å². The smallest absolute Gasteiger partial charge is 0.0348 e. The molecule has 0 unspecified atom stereocenters. The summed E-state index contributed by atoms with van der Waals surface area (Å²) >= 11 is 4.29. The number of thiophene rings is 1. The maximum absolute atomic E-state index is 2.45. The lowest BCUT2D eigenvalue weighted by atomic mass is 9.90. The molecule has 1 heterocycles. The third-order valence-corrected chi connectivity index (χ3v) is 4.28. The molecule has 0 aliphatic heterocycles. The summed E-state index contributed by atoms with van der Waals surface area (Å²) in [6.07, 6.45) is 10.2. The zero-order valence-corrected chi connectivity index (χ0v) is 14.9. The fourth-order valence-corrected chi connectivity index (χ4v) is 2.25. The number of alkyl halides is 1. The van der Waals surface area contributed by atoms with Crippen LogP contribution in [0, 0.1) is 5.41 Å². The van der Waals surface area contributed by atoms with E-state index in [-0.39, 0.29) is 3.42 Å². The third kappa shape index (κ3) is 6.19. The van der Waals surface area contributed by atoms with Crippen molar-refractivity contribution in [2.75, 3.05) is 0 Å². The molecular formula is C16H23IS. The van der Waals surface area contributed by atoms with Crippen LogP contribution >= 0.6 is 33.9 Å². The van der Waals surface area contributed by atoms with Crippen molar-refractivity contribution in [3.8, 4) is 0 Å². The van der Waals surface area contributed by atoms with Gasteiger partial charge in [0.1, 0.15) is 0 Å². The second-order valence-corrected chi connectivity index (χ2v) is 9.74. The number of halogens is 1. The molecule has 0 saturated heterocycles. The molecule has 1 aromatic heterocycles. The number of rotatable bonds is 5. The lowest BCUT2D eigenvalue weighted by Gasteiger charge is -2.16. The third-order valence-electron chi connectivity index (χ3n) is 2.90. The maximum Gasteiger partial charge on any atom is 0.0348 e. The van der Waals surface area contributed by atoms with Crippen LogP contribution in [0.1, 0.15) is 50.8 Å². The molecule has 0 aromatic carbocycles. The first-order valence-electron chi connectivity index (χ1n) is 6.39.